The molecule has 1 aromatic carbocycles. The predicted octanol–water partition coefficient (Wildman–Crippen LogP) is 8.12. The second-order valence-electron chi connectivity index (χ2n) is 16.0. The number of carbonyl (C=O) groups is 2. The van der Waals surface area contributed by atoms with E-state index in [2.05, 4.69) is 62.0 Å². The van der Waals surface area contributed by atoms with Crippen molar-refractivity contribution in [3.05, 3.63) is 60.0 Å². The van der Waals surface area contributed by atoms with E-state index in [1.165, 1.54) is 11.1 Å². The highest BCUT2D eigenvalue weighted by molar-refractivity contribution is 5.95. The molecule has 8 rings (SSSR count). The predicted molar refractivity (Wildman–Crippen MR) is 191 cm³/mol. The maximum absolute atomic E-state index is 14.7. The number of rotatable bonds is 9. The van der Waals surface area contributed by atoms with Gasteiger partial charge in [-0.1, -0.05) is 19.1 Å². The van der Waals surface area contributed by atoms with E-state index in [1.54, 1.807) is 12.0 Å². The highest BCUT2D eigenvalue weighted by Crippen LogP contribution is 2.58. The van der Waals surface area contributed by atoms with Crippen molar-refractivity contribution in [3.8, 4) is 17.0 Å². The van der Waals surface area contributed by atoms with Crippen molar-refractivity contribution >= 4 is 17.7 Å². The number of nitrogens with zero attached hydrogens (tertiary/aromatic N) is 5. The SMILES string of the molecule is COc1ccc(C23CCC(CN(C(=O)C4CCC(OC(=O)N5CC(C)C5)CC4)c4ccnc(-c5cnn(C(C)C)c5)c4)(CC2)CC3)cc1C. The molecule has 0 atom stereocenters. The highest BCUT2D eigenvalue weighted by atomic mass is 16.6. The first kappa shape index (κ1) is 33.6. The van der Waals surface area contributed by atoms with Gasteiger partial charge in [-0.25, -0.2) is 4.79 Å². The minimum Gasteiger partial charge on any atom is -0.496 e. The van der Waals surface area contributed by atoms with Gasteiger partial charge in [-0.3, -0.25) is 14.5 Å². The van der Waals surface area contributed by atoms with E-state index < -0.39 is 0 Å². The molecule has 4 saturated carbocycles. The van der Waals surface area contributed by atoms with Gasteiger partial charge in [-0.15, -0.1) is 0 Å². The number of aromatic nitrogens is 3. The normalized spacial score (nSPS) is 26.8. The Hall–Kier alpha value is -3.88. The van der Waals surface area contributed by atoms with E-state index in [0.717, 1.165) is 107 Å². The van der Waals surface area contributed by atoms with Crippen LogP contribution in [0.2, 0.25) is 0 Å². The molecule has 5 aliphatic rings. The number of hydrogen-bond acceptors (Lipinski definition) is 6. The Morgan fingerprint density at radius 2 is 1.71 bits per heavy atom. The van der Waals surface area contributed by atoms with Gasteiger partial charge in [0.1, 0.15) is 11.9 Å². The first-order valence-electron chi connectivity index (χ1n) is 18.5. The number of likely N-dealkylation sites (tertiary alicyclic amines) is 1. The molecular weight excluding hydrogens is 614 g/mol. The van der Waals surface area contributed by atoms with Crippen LogP contribution in [0.15, 0.2) is 48.9 Å². The first-order chi connectivity index (χ1) is 23.6. The minimum absolute atomic E-state index is 0.0893. The molecule has 0 N–H and O–H groups in total. The van der Waals surface area contributed by atoms with Crippen LogP contribution in [-0.2, 0) is 14.9 Å². The van der Waals surface area contributed by atoms with Gasteiger partial charge in [-0.2, -0.15) is 5.10 Å². The maximum atomic E-state index is 14.7. The quantitative estimate of drug-likeness (QED) is 0.229. The van der Waals surface area contributed by atoms with E-state index in [-0.39, 0.29) is 40.9 Å². The van der Waals surface area contributed by atoms with Crippen molar-refractivity contribution in [3.63, 3.8) is 0 Å². The van der Waals surface area contributed by atoms with Crippen LogP contribution in [0.5, 0.6) is 5.75 Å². The van der Waals surface area contributed by atoms with Crippen LogP contribution in [0.4, 0.5) is 10.5 Å². The Balaban J connectivity index is 1.10. The van der Waals surface area contributed by atoms with Gasteiger partial charge in [0.05, 0.1) is 19.0 Å². The van der Waals surface area contributed by atoms with Crippen LogP contribution < -0.4 is 9.64 Å². The smallest absolute Gasteiger partial charge is 0.410 e. The Morgan fingerprint density at radius 1 is 1.00 bits per heavy atom. The lowest BCUT2D eigenvalue weighted by Crippen LogP contribution is -2.52. The van der Waals surface area contributed by atoms with Gasteiger partial charge in [0, 0.05) is 55.2 Å². The van der Waals surface area contributed by atoms with Crippen molar-refractivity contribution in [1.29, 1.82) is 0 Å². The third-order valence-electron chi connectivity index (χ3n) is 12.3. The number of fused-ring (bicyclic) bond motifs is 3. The number of amides is 2. The molecule has 0 radical (unpaired) electrons. The van der Waals surface area contributed by atoms with Crippen LogP contribution in [0.1, 0.15) is 102 Å². The summed E-state index contributed by atoms with van der Waals surface area (Å²) in [5.74, 6) is 1.59. The van der Waals surface area contributed by atoms with Crippen LogP contribution in [0, 0.1) is 24.2 Å². The first-order valence-corrected chi connectivity index (χ1v) is 18.5. The molecule has 262 valence electrons. The van der Waals surface area contributed by atoms with E-state index in [1.807, 2.05) is 29.3 Å². The third-order valence-corrected chi connectivity index (χ3v) is 12.3. The molecule has 2 amide bonds. The van der Waals surface area contributed by atoms with Crippen molar-refractivity contribution < 1.29 is 19.1 Å². The zero-order valence-corrected chi connectivity index (χ0v) is 30.0. The lowest BCUT2D eigenvalue weighted by atomic mass is 9.51. The van der Waals surface area contributed by atoms with Gasteiger partial charge >= 0.3 is 6.09 Å². The number of ether oxygens (including phenoxy) is 2. The molecule has 3 heterocycles. The fourth-order valence-corrected chi connectivity index (χ4v) is 8.98. The van der Waals surface area contributed by atoms with Crippen LogP contribution >= 0.6 is 0 Å². The lowest BCUT2D eigenvalue weighted by Gasteiger charge is -2.55. The third kappa shape index (κ3) is 6.70. The summed E-state index contributed by atoms with van der Waals surface area (Å²) in [6, 6.07) is 11.1. The van der Waals surface area contributed by atoms with Gasteiger partial charge in [0.2, 0.25) is 5.91 Å². The summed E-state index contributed by atoms with van der Waals surface area (Å²) < 4.78 is 13.4. The standard InChI is InChI=1S/C40H53N5O4/c1-27(2)45-25-31(22-42-45)35-21-33(12-19-41-35)44(37(46)30-6-9-34(10-7-30)49-38(47)43-23-28(3)24-43)26-39-13-16-40(17-14-39,18-15-39)32-8-11-36(48-5)29(4)20-32/h8,11-12,19-22,25,27-28,30,34H,6-7,9-10,13-18,23-24,26H2,1-5H3. The topological polar surface area (TPSA) is 89.8 Å². The fourth-order valence-electron chi connectivity index (χ4n) is 8.98. The van der Waals surface area contributed by atoms with Gasteiger partial charge in [0.25, 0.3) is 0 Å². The molecule has 5 fully saturated rings. The molecule has 2 bridgehead atoms. The molecule has 1 aliphatic heterocycles. The second kappa shape index (κ2) is 13.4. The Morgan fingerprint density at radius 3 is 2.33 bits per heavy atom. The molecule has 1 saturated heterocycles. The molecule has 9 heteroatoms. The summed E-state index contributed by atoms with van der Waals surface area (Å²) in [5.41, 5.74) is 5.63. The number of anilines is 1. The van der Waals surface area contributed by atoms with Crippen LogP contribution in [-0.4, -0.2) is 64.5 Å². The van der Waals surface area contributed by atoms with Gasteiger partial charge < -0.3 is 19.3 Å². The Labute approximate surface area is 291 Å². The van der Waals surface area contributed by atoms with Gasteiger partial charge in [-0.05, 0) is 131 Å². The number of benzene rings is 1. The summed E-state index contributed by atoms with van der Waals surface area (Å²) in [6.45, 7) is 10.8. The maximum Gasteiger partial charge on any atom is 0.410 e. The van der Waals surface area contributed by atoms with Crippen LogP contribution in [0.25, 0.3) is 11.3 Å². The average Bonchev–Trinajstić information content (AvgIpc) is 3.61. The summed E-state index contributed by atoms with van der Waals surface area (Å²) in [4.78, 5) is 35.9. The summed E-state index contributed by atoms with van der Waals surface area (Å²) in [5, 5.41) is 4.55. The highest BCUT2D eigenvalue weighted by Gasteiger charge is 2.51. The summed E-state index contributed by atoms with van der Waals surface area (Å²) in [6.07, 6.45) is 15.1. The monoisotopic (exact) mass is 667 g/mol. The number of aryl methyl sites for hydroxylation is 1. The van der Waals surface area contributed by atoms with Crippen LogP contribution in [0.3, 0.4) is 0 Å². The molecule has 2 aromatic heterocycles. The summed E-state index contributed by atoms with van der Waals surface area (Å²) in [7, 11) is 1.74. The van der Waals surface area contributed by atoms with E-state index in [0.29, 0.717) is 5.92 Å². The molecule has 0 unspecified atom stereocenters. The molecule has 49 heavy (non-hydrogen) atoms. The number of pyridine rings is 1. The minimum atomic E-state index is -0.200. The van der Waals surface area contributed by atoms with Crippen molar-refractivity contribution in [2.24, 2.45) is 17.3 Å². The molecule has 0 spiro atoms. The Bertz CT molecular complexity index is 1640. The largest absolute Gasteiger partial charge is 0.496 e. The number of hydrogen-bond donors (Lipinski definition) is 0. The van der Waals surface area contributed by atoms with Crippen molar-refractivity contribution in [2.75, 3.05) is 31.6 Å². The zero-order chi connectivity index (χ0) is 34.3. The molecule has 3 aromatic rings. The van der Waals surface area contributed by atoms with Crippen molar-refractivity contribution in [1.82, 2.24) is 19.7 Å². The zero-order valence-electron chi connectivity index (χ0n) is 30.0. The number of carbonyl (C=O) groups excluding carboxylic acids is 2. The lowest BCUT2D eigenvalue weighted by molar-refractivity contribution is -0.124. The Kier molecular flexibility index (Phi) is 9.22. The van der Waals surface area contributed by atoms with Crippen molar-refractivity contribution in [2.45, 2.75) is 109 Å². The number of methoxy groups -OCH3 is 1. The van der Waals surface area contributed by atoms with E-state index >= 15 is 0 Å². The molecule has 4 aliphatic carbocycles. The molecular formula is C40H53N5O4. The van der Waals surface area contributed by atoms with E-state index in [4.69, 9.17) is 14.5 Å². The summed E-state index contributed by atoms with van der Waals surface area (Å²) >= 11 is 0. The second-order valence-corrected chi connectivity index (χ2v) is 16.0. The van der Waals surface area contributed by atoms with E-state index in [9.17, 15) is 9.59 Å². The average molecular weight is 668 g/mol. The molecule has 9 nitrogen and oxygen atoms in total. The van der Waals surface area contributed by atoms with Gasteiger partial charge in [0.15, 0.2) is 0 Å². The fraction of sp³-hybridized carbons (Fsp3) is 0.600.